The van der Waals surface area contributed by atoms with Crippen LogP contribution in [0.4, 0.5) is 4.79 Å². The van der Waals surface area contributed by atoms with Gasteiger partial charge in [-0.1, -0.05) is 35.9 Å². The third-order valence-electron chi connectivity index (χ3n) is 3.78. The zero-order valence-corrected chi connectivity index (χ0v) is 14.6. The van der Waals surface area contributed by atoms with Crippen molar-refractivity contribution in [3.8, 4) is 0 Å². The molecule has 0 saturated carbocycles. The highest BCUT2D eigenvalue weighted by Gasteiger charge is 2.37. The van der Waals surface area contributed by atoms with E-state index in [2.05, 4.69) is 11.9 Å². The molecule has 0 fully saturated rings. The maximum Gasteiger partial charge on any atom is 0.338 e. The van der Waals surface area contributed by atoms with E-state index in [1.165, 1.54) is 4.90 Å². The SMILES string of the molecule is C=CCN1C(=O)NC(c2ccc(C)cc2)C(C(=O)OCC)=C1CCl. The number of allylic oxidation sites excluding steroid dienone is 1. The van der Waals surface area contributed by atoms with E-state index in [4.69, 9.17) is 16.3 Å². The minimum atomic E-state index is -0.591. The second-order valence-electron chi connectivity index (χ2n) is 5.41. The zero-order valence-electron chi connectivity index (χ0n) is 13.8. The molecule has 1 atom stereocenters. The summed E-state index contributed by atoms with van der Waals surface area (Å²) in [5, 5.41) is 2.86. The number of urea groups is 1. The van der Waals surface area contributed by atoms with Crippen LogP contribution in [0.25, 0.3) is 0 Å². The van der Waals surface area contributed by atoms with Crippen LogP contribution in [0.1, 0.15) is 24.1 Å². The summed E-state index contributed by atoms with van der Waals surface area (Å²) in [4.78, 5) is 26.4. The molecule has 1 unspecified atom stereocenters. The molecule has 1 aromatic rings. The molecule has 24 heavy (non-hydrogen) atoms. The number of hydrogen-bond donors (Lipinski definition) is 1. The fourth-order valence-electron chi connectivity index (χ4n) is 2.63. The number of carbonyl (C=O) groups excluding carboxylic acids is 2. The third kappa shape index (κ3) is 3.62. The van der Waals surface area contributed by atoms with Gasteiger partial charge in [0.25, 0.3) is 0 Å². The quantitative estimate of drug-likeness (QED) is 0.487. The van der Waals surface area contributed by atoms with Crippen LogP contribution in [0.2, 0.25) is 0 Å². The topological polar surface area (TPSA) is 58.6 Å². The van der Waals surface area contributed by atoms with E-state index in [9.17, 15) is 9.59 Å². The molecule has 0 radical (unpaired) electrons. The number of hydrogen-bond acceptors (Lipinski definition) is 3. The van der Waals surface area contributed by atoms with E-state index in [-0.39, 0.29) is 25.1 Å². The van der Waals surface area contributed by atoms with Crippen LogP contribution in [0, 0.1) is 6.92 Å². The van der Waals surface area contributed by atoms with Crippen LogP contribution in [-0.4, -0.2) is 35.9 Å². The van der Waals surface area contributed by atoms with Gasteiger partial charge in [0.05, 0.1) is 29.8 Å². The molecule has 0 aliphatic carbocycles. The molecule has 1 aliphatic rings. The average molecular weight is 349 g/mol. The number of alkyl halides is 1. The van der Waals surface area contributed by atoms with Crippen LogP contribution in [0.3, 0.4) is 0 Å². The van der Waals surface area contributed by atoms with Crippen molar-refractivity contribution >= 4 is 23.6 Å². The number of esters is 1. The number of nitrogens with one attached hydrogen (secondary N) is 1. The van der Waals surface area contributed by atoms with E-state index in [0.717, 1.165) is 11.1 Å². The Balaban J connectivity index is 2.57. The summed E-state index contributed by atoms with van der Waals surface area (Å²) >= 11 is 6.07. The lowest BCUT2D eigenvalue weighted by atomic mass is 9.94. The number of amides is 2. The lowest BCUT2D eigenvalue weighted by molar-refractivity contribution is -0.139. The molecule has 6 heteroatoms. The molecule has 1 heterocycles. The number of nitrogens with zero attached hydrogens (tertiary/aromatic N) is 1. The van der Waals surface area contributed by atoms with E-state index < -0.39 is 12.0 Å². The molecule has 1 aliphatic heterocycles. The first kappa shape index (κ1) is 18.1. The molecule has 0 aromatic heterocycles. The highest BCUT2D eigenvalue weighted by Crippen LogP contribution is 2.32. The van der Waals surface area contributed by atoms with Gasteiger partial charge < -0.3 is 10.1 Å². The monoisotopic (exact) mass is 348 g/mol. The highest BCUT2D eigenvalue weighted by molar-refractivity contribution is 6.20. The van der Waals surface area contributed by atoms with E-state index >= 15 is 0 Å². The summed E-state index contributed by atoms with van der Waals surface area (Å²) in [6.45, 7) is 7.87. The molecule has 2 amide bonds. The Hall–Kier alpha value is -2.27. The van der Waals surface area contributed by atoms with Crippen LogP contribution in [-0.2, 0) is 9.53 Å². The van der Waals surface area contributed by atoms with Gasteiger partial charge in [-0.3, -0.25) is 4.90 Å². The number of aryl methyl sites for hydroxylation is 1. The summed E-state index contributed by atoms with van der Waals surface area (Å²) < 4.78 is 5.19. The molecule has 5 nitrogen and oxygen atoms in total. The van der Waals surface area contributed by atoms with Crippen molar-refractivity contribution in [3.63, 3.8) is 0 Å². The maximum absolute atomic E-state index is 12.5. The van der Waals surface area contributed by atoms with Gasteiger partial charge in [-0.2, -0.15) is 0 Å². The zero-order chi connectivity index (χ0) is 17.7. The lowest BCUT2D eigenvalue weighted by Gasteiger charge is -2.35. The van der Waals surface area contributed by atoms with Crippen molar-refractivity contribution in [2.45, 2.75) is 19.9 Å². The van der Waals surface area contributed by atoms with Crippen LogP contribution in [0.5, 0.6) is 0 Å². The van der Waals surface area contributed by atoms with Gasteiger partial charge in [0, 0.05) is 6.54 Å². The Labute approximate surface area is 146 Å². The highest BCUT2D eigenvalue weighted by atomic mass is 35.5. The first-order valence-corrected chi connectivity index (χ1v) is 8.28. The molecule has 0 spiro atoms. The summed E-state index contributed by atoms with van der Waals surface area (Å²) in [6.07, 6.45) is 1.58. The van der Waals surface area contributed by atoms with Crippen molar-refractivity contribution < 1.29 is 14.3 Å². The third-order valence-corrected chi connectivity index (χ3v) is 4.04. The molecule has 1 N–H and O–H groups in total. The van der Waals surface area contributed by atoms with Crippen molar-refractivity contribution in [3.05, 3.63) is 59.3 Å². The second kappa shape index (κ2) is 8.02. The van der Waals surface area contributed by atoms with Gasteiger partial charge in [0.15, 0.2) is 0 Å². The van der Waals surface area contributed by atoms with Gasteiger partial charge >= 0.3 is 12.0 Å². The summed E-state index contributed by atoms with van der Waals surface area (Å²) in [5.41, 5.74) is 2.70. The summed E-state index contributed by atoms with van der Waals surface area (Å²) in [7, 11) is 0. The number of ether oxygens (including phenoxy) is 1. The molecule has 0 bridgehead atoms. The van der Waals surface area contributed by atoms with Crippen molar-refractivity contribution in [2.24, 2.45) is 0 Å². The molecular formula is C18H21ClN2O3. The fraction of sp³-hybridized carbons (Fsp3) is 0.333. The van der Waals surface area contributed by atoms with E-state index in [0.29, 0.717) is 11.3 Å². The smallest absolute Gasteiger partial charge is 0.338 e. The number of benzene rings is 1. The van der Waals surface area contributed by atoms with Gasteiger partial charge in [0.2, 0.25) is 0 Å². The standard InChI is InChI=1S/C18H21ClN2O3/c1-4-10-21-14(11-19)15(17(22)24-5-2)16(20-18(21)23)13-8-6-12(3)7-9-13/h4,6-9,16H,1,5,10-11H2,2-3H3,(H,20,23). The normalized spacial score (nSPS) is 17.5. The number of carbonyl (C=O) groups is 2. The Kier molecular flexibility index (Phi) is 6.04. The summed E-state index contributed by atoms with van der Waals surface area (Å²) in [5.74, 6) is -0.453. The predicted molar refractivity (Wildman–Crippen MR) is 93.7 cm³/mol. The molecular weight excluding hydrogens is 328 g/mol. The minimum Gasteiger partial charge on any atom is -0.463 e. The van der Waals surface area contributed by atoms with Crippen LogP contribution >= 0.6 is 11.6 Å². The lowest BCUT2D eigenvalue weighted by Crippen LogP contribution is -2.49. The molecule has 1 aromatic carbocycles. The molecule has 2 rings (SSSR count). The van der Waals surface area contributed by atoms with Crippen LogP contribution < -0.4 is 5.32 Å². The Morgan fingerprint density at radius 1 is 1.42 bits per heavy atom. The Bertz CT molecular complexity index is 667. The largest absolute Gasteiger partial charge is 0.463 e. The Morgan fingerprint density at radius 3 is 2.62 bits per heavy atom. The van der Waals surface area contributed by atoms with Crippen molar-refractivity contribution in [1.82, 2.24) is 10.2 Å². The van der Waals surface area contributed by atoms with Crippen molar-refractivity contribution in [2.75, 3.05) is 19.0 Å². The van der Waals surface area contributed by atoms with E-state index in [1.54, 1.807) is 13.0 Å². The predicted octanol–water partition coefficient (Wildman–Crippen LogP) is 3.30. The van der Waals surface area contributed by atoms with Gasteiger partial charge in [0.1, 0.15) is 0 Å². The second-order valence-corrected chi connectivity index (χ2v) is 5.67. The fourth-order valence-corrected chi connectivity index (χ4v) is 2.92. The van der Waals surface area contributed by atoms with Crippen molar-refractivity contribution in [1.29, 1.82) is 0 Å². The first-order chi connectivity index (χ1) is 11.5. The molecule has 128 valence electrons. The minimum absolute atomic E-state index is 0.0256. The molecule has 0 saturated heterocycles. The number of rotatable bonds is 6. The summed E-state index contributed by atoms with van der Waals surface area (Å²) in [6, 6.07) is 6.72. The van der Waals surface area contributed by atoms with Gasteiger partial charge in [-0.15, -0.1) is 18.2 Å². The maximum atomic E-state index is 12.5. The van der Waals surface area contributed by atoms with Gasteiger partial charge in [-0.05, 0) is 19.4 Å². The average Bonchev–Trinajstić information content (AvgIpc) is 2.57. The van der Waals surface area contributed by atoms with E-state index in [1.807, 2.05) is 31.2 Å². The van der Waals surface area contributed by atoms with Gasteiger partial charge in [-0.25, -0.2) is 9.59 Å². The van der Waals surface area contributed by atoms with Crippen LogP contribution in [0.15, 0.2) is 48.2 Å². The first-order valence-electron chi connectivity index (χ1n) is 7.75. The number of halogens is 1. The Morgan fingerprint density at radius 2 is 2.08 bits per heavy atom.